The topological polar surface area (TPSA) is 32.3 Å². The molecule has 2 bridgehead atoms. The molecule has 18 heavy (non-hydrogen) atoms. The van der Waals surface area contributed by atoms with Crippen LogP contribution in [0, 0.1) is 0 Å². The Labute approximate surface area is 108 Å². The Kier molecular flexibility index (Phi) is 3.08. The van der Waals surface area contributed by atoms with Crippen LogP contribution < -0.4 is 5.32 Å². The maximum Gasteiger partial charge on any atom is 0.253 e. The molecular formula is C15H20N2O. The number of rotatable bonds is 2. The average Bonchev–Trinajstić information content (AvgIpc) is 2.77. The lowest BCUT2D eigenvalue weighted by Gasteiger charge is -2.35. The molecule has 2 heterocycles. The summed E-state index contributed by atoms with van der Waals surface area (Å²) in [6, 6.07) is 11.2. The van der Waals surface area contributed by atoms with Crippen molar-refractivity contribution in [2.45, 2.75) is 43.8 Å². The highest BCUT2D eigenvalue weighted by Crippen LogP contribution is 2.29. The first-order valence-electron chi connectivity index (χ1n) is 6.82. The van der Waals surface area contributed by atoms with E-state index in [1.165, 1.54) is 12.8 Å². The molecule has 0 radical (unpaired) electrons. The molecule has 0 unspecified atom stereocenters. The molecule has 1 aromatic carbocycles. The van der Waals surface area contributed by atoms with Crippen LogP contribution in [0.1, 0.15) is 36.0 Å². The normalized spacial score (nSPS) is 30.2. The van der Waals surface area contributed by atoms with Crippen LogP contribution in [0.4, 0.5) is 0 Å². The summed E-state index contributed by atoms with van der Waals surface area (Å²) in [6.07, 6.45) is 4.75. The molecule has 1 N–H and O–H groups in total. The Balaban J connectivity index is 1.71. The summed E-state index contributed by atoms with van der Waals surface area (Å²) >= 11 is 0. The number of carbonyl (C=O) groups is 1. The summed E-state index contributed by atoms with van der Waals surface area (Å²) in [6.45, 7) is 0. The van der Waals surface area contributed by atoms with Crippen LogP contribution in [0.3, 0.4) is 0 Å². The number of hydrogen-bond acceptors (Lipinski definition) is 2. The molecular weight excluding hydrogens is 224 g/mol. The molecule has 0 saturated carbocycles. The molecule has 2 fully saturated rings. The molecule has 0 aliphatic carbocycles. The van der Waals surface area contributed by atoms with Gasteiger partial charge in [-0.3, -0.25) is 4.79 Å². The highest BCUT2D eigenvalue weighted by Gasteiger charge is 2.36. The molecule has 96 valence electrons. The lowest BCUT2D eigenvalue weighted by molar-refractivity contribution is 0.0681. The maximum atomic E-state index is 12.4. The zero-order valence-corrected chi connectivity index (χ0v) is 10.8. The molecule has 2 aliphatic rings. The fourth-order valence-corrected chi connectivity index (χ4v) is 3.29. The van der Waals surface area contributed by atoms with E-state index in [1.807, 2.05) is 42.3 Å². The lowest BCUT2D eigenvalue weighted by Crippen LogP contribution is -2.48. The van der Waals surface area contributed by atoms with Gasteiger partial charge in [0.1, 0.15) is 0 Å². The van der Waals surface area contributed by atoms with E-state index in [1.54, 1.807) is 0 Å². The van der Waals surface area contributed by atoms with E-state index in [-0.39, 0.29) is 5.91 Å². The van der Waals surface area contributed by atoms with Crippen LogP contribution >= 0.6 is 0 Å². The van der Waals surface area contributed by atoms with Crippen molar-refractivity contribution in [3.8, 4) is 0 Å². The fourth-order valence-electron chi connectivity index (χ4n) is 3.29. The number of hydrogen-bond donors (Lipinski definition) is 1. The third kappa shape index (κ3) is 2.15. The van der Waals surface area contributed by atoms with Crippen LogP contribution in [0.5, 0.6) is 0 Å². The van der Waals surface area contributed by atoms with Crippen molar-refractivity contribution in [2.75, 3.05) is 7.05 Å². The standard InChI is InChI=1S/C15H20N2O/c1-17(15(18)11-5-3-2-4-6-11)14-9-12-7-8-13(10-14)16-12/h2-6,12-14,16H,7-10H2,1H3/t12-,13-/m1/s1. The van der Waals surface area contributed by atoms with Gasteiger partial charge in [-0.25, -0.2) is 0 Å². The van der Waals surface area contributed by atoms with Gasteiger partial charge in [0.15, 0.2) is 0 Å². The lowest BCUT2D eigenvalue weighted by atomic mass is 9.98. The Bertz CT molecular complexity index is 419. The molecule has 2 aliphatic heterocycles. The smallest absolute Gasteiger partial charge is 0.253 e. The number of carbonyl (C=O) groups excluding carboxylic acids is 1. The van der Waals surface area contributed by atoms with Gasteiger partial charge in [0, 0.05) is 30.7 Å². The van der Waals surface area contributed by atoms with Crippen LogP contribution in [-0.2, 0) is 0 Å². The Morgan fingerprint density at radius 1 is 1.17 bits per heavy atom. The predicted octanol–water partition coefficient (Wildman–Crippen LogP) is 2.04. The zero-order chi connectivity index (χ0) is 12.5. The van der Waals surface area contributed by atoms with Crippen molar-refractivity contribution < 1.29 is 4.79 Å². The molecule has 2 atom stereocenters. The van der Waals surface area contributed by atoms with E-state index in [2.05, 4.69) is 5.32 Å². The summed E-state index contributed by atoms with van der Waals surface area (Å²) in [4.78, 5) is 14.3. The van der Waals surface area contributed by atoms with Gasteiger partial charge in [-0.05, 0) is 37.8 Å². The van der Waals surface area contributed by atoms with Gasteiger partial charge in [-0.1, -0.05) is 18.2 Å². The van der Waals surface area contributed by atoms with E-state index in [9.17, 15) is 4.79 Å². The number of benzene rings is 1. The third-order valence-electron chi connectivity index (χ3n) is 4.34. The SMILES string of the molecule is CN(C(=O)c1ccccc1)C1C[C@H]2CC[C@H](C1)N2. The first kappa shape index (κ1) is 11.7. The number of nitrogens with one attached hydrogen (secondary N) is 1. The third-order valence-corrected chi connectivity index (χ3v) is 4.34. The monoisotopic (exact) mass is 244 g/mol. The van der Waals surface area contributed by atoms with Crippen LogP contribution in [0.2, 0.25) is 0 Å². The number of nitrogens with zero attached hydrogens (tertiary/aromatic N) is 1. The van der Waals surface area contributed by atoms with Crippen LogP contribution in [0.15, 0.2) is 30.3 Å². The second-order valence-corrected chi connectivity index (χ2v) is 5.55. The van der Waals surface area contributed by atoms with Crippen LogP contribution in [-0.4, -0.2) is 36.0 Å². The molecule has 3 rings (SSSR count). The molecule has 1 aromatic rings. The minimum absolute atomic E-state index is 0.155. The van der Waals surface area contributed by atoms with Crippen molar-refractivity contribution in [2.24, 2.45) is 0 Å². The maximum absolute atomic E-state index is 12.4. The van der Waals surface area contributed by atoms with Crippen LogP contribution in [0.25, 0.3) is 0 Å². The van der Waals surface area contributed by atoms with Gasteiger partial charge in [0.25, 0.3) is 5.91 Å². The Hall–Kier alpha value is -1.35. The van der Waals surface area contributed by atoms with Gasteiger partial charge in [0.05, 0.1) is 0 Å². The molecule has 2 saturated heterocycles. The minimum atomic E-state index is 0.155. The van der Waals surface area contributed by atoms with Crippen molar-refractivity contribution in [3.63, 3.8) is 0 Å². The fraction of sp³-hybridized carbons (Fsp3) is 0.533. The summed E-state index contributed by atoms with van der Waals surface area (Å²) in [5.41, 5.74) is 0.797. The van der Waals surface area contributed by atoms with Gasteiger partial charge in [0.2, 0.25) is 0 Å². The van der Waals surface area contributed by atoms with Gasteiger partial charge in [-0.2, -0.15) is 0 Å². The first-order valence-corrected chi connectivity index (χ1v) is 6.82. The Morgan fingerprint density at radius 2 is 1.78 bits per heavy atom. The second kappa shape index (κ2) is 4.73. The molecule has 1 amide bonds. The first-order chi connectivity index (χ1) is 8.74. The highest BCUT2D eigenvalue weighted by molar-refractivity contribution is 5.94. The number of piperidine rings is 1. The number of fused-ring (bicyclic) bond motifs is 2. The predicted molar refractivity (Wildman–Crippen MR) is 71.5 cm³/mol. The summed E-state index contributed by atoms with van der Waals surface area (Å²) in [5.74, 6) is 0.155. The molecule has 0 aromatic heterocycles. The van der Waals surface area contributed by atoms with E-state index in [4.69, 9.17) is 0 Å². The van der Waals surface area contributed by atoms with E-state index in [0.717, 1.165) is 18.4 Å². The second-order valence-electron chi connectivity index (χ2n) is 5.55. The minimum Gasteiger partial charge on any atom is -0.339 e. The molecule has 0 spiro atoms. The van der Waals surface area contributed by atoms with Gasteiger partial charge in [-0.15, -0.1) is 0 Å². The van der Waals surface area contributed by atoms with E-state index >= 15 is 0 Å². The summed E-state index contributed by atoms with van der Waals surface area (Å²) in [5, 5.41) is 3.62. The zero-order valence-electron chi connectivity index (χ0n) is 10.8. The molecule has 3 heteroatoms. The van der Waals surface area contributed by atoms with Crippen molar-refractivity contribution in [1.82, 2.24) is 10.2 Å². The largest absolute Gasteiger partial charge is 0.339 e. The van der Waals surface area contributed by atoms with Crippen molar-refractivity contribution >= 4 is 5.91 Å². The quantitative estimate of drug-likeness (QED) is 0.863. The summed E-state index contributed by atoms with van der Waals surface area (Å²) < 4.78 is 0. The Morgan fingerprint density at radius 3 is 2.39 bits per heavy atom. The molecule has 3 nitrogen and oxygen atoms in total. The highest BCUT2D eigenvalue weighted by atomic mass is 16.2. The van der Waals surface area contributed by atoms with Gasteiger partial charge >= 0.3 is 0 Å². The van der Waals surface area contributed by atoms with Crippen molar-refractivity contribution in [3.05, 3.63) is 35.9 Å². The summed E-state index contributed by atoms with van der Waals surface area (Å²) in [7, 11) is 1.95. The van der Waals surface area contributed by atoms with E-state index < -0.39 is 0 Å². The number of amides is 1. The average molecular weight is 244 g/mol. The van der Waals surface area contributed by atoms with Gasteiger partial charge < -0.3 is 10.2 Å². The van der Waals surface area contributed by atoms with Crippen molar-refractivity contribution in [1.29, 1.82) is 0 Å². The van der Waals surface area contributed by atoms with E-state index in [0.29, 0.717) is 18.1 Å².